The summed E-state index contributed by atoms with van der Waals surface area (Å²) in [6.07, 6.45) is 0. The molecule has 3 aromatic rings. The Hall–Kier alpha value is -3.55. The lowest BCUT2D eigenvalue weighted by Gasteiger charge is -2.18. The maximum Gasteiger partial charge on any atom is 0.167 e. The summed E-state index contributed by atoms with van der Waals surface area (Å²) in [5.74, 6) is -1.48. The number of hydrogen-bond acceptors (Lipinski definition) is 5. The van der Waals surface area contributed by atoms with Gasteiger partial charge in [-0.15, -0.1) is 0 Å². The van der Waals surface area contributed by atoms with Gasteiger partial charge in [-0.3, -0.25) is 0 Å². The van der Waals surface area contributed by atoms with E-state index in [1.807, 2.05) is 26.0 Å². The minimum absolute atomic E-state index is 0.113. The lowest BCUT2D eigenvalue weighted by atomic mass is 10.1. The summed E-state index contributed by atoms with van der Waals surface area (Å²) in [6, 6.07) is 17.3. The molecule has 0 heterocycles. The molecule has 0 aliphatic heterocycles. The predicted octanol–water partition coefficient (Wildman–Crippen LogP) is 6.31. The zero-order valence-corrected chi connectivity index (χ0v) is 17.1. The van der Waals surface area contributed by atoms with Crippen LogP contribution in [0.15, 0.2) is 58.3 Å². The van der Waals surface area contributed by atoms with Crippen molar-refractivity contribution >= 4 is 23.1 Å². The third kappa shape index (κ3) is 4.22. The van der Waals surface area contributed by atoms with E-state index in [4.69, 9.17) is 4.74 Å². The Morgan fingerprint density at radius 1 is 0.967 bits per heavy atom. The summed E-state index contributed by atoms with van der Waals surface area (Å²) in [7, 11) is 0. The van der Waals surface area contributed by atoms with Crippen LogP contribution in [0.5, 0.6) is 5.75 Å². The molecule has 0 saturated heterocycles. The molecule has 30 heavy (non-hydrogen) atoms. The van der Waals surface area contributed by atoms with Gasteiger partial charge in [-0.2, -0.15) is 10.5 Å². The smallest absolute Gasteiger partial charge is 0.167 e. The number of anilines is 2. The number of para-hydroxylation sites is 2. The molecule has 0 aliphatic rings. The number of nitrogens with zero attached hydrogens (tertiary/aromatic N) is 2. The highest BCUT2D eigenvalue weighted by molar-refractivity contribution is 7.99. The molecule has 0 fully saturated rings. The van der Waals surface area contributed by atoms with Crippen LogP contribution in [0.25, 0.3) is 0 Å². The number of ether oxygens (including phenoxy) is 1. The largest absolute Gasteiger partial charge is 0.492 e. The number of nitrogens with one attached hydrogen (secondary N) is 1. The number of hydrogen-bond donors (Lipinski definition) is 1. The van der Waals surface area contributed by atoms with Gasteiger partial charge in [-0.05, 0) is 38.1 Å². The average molecular weight is 421 g/mol. The molecule has 3 rings (SSSR count). The third-order valence-corrected chi connectivity index (χ3v) is 5.34. The third-order valence-electron chi connectivity index (χ3n) is 4.25. The second-order valence-corrected chi connectivity index (χ2v) is 7.36. The van der Waals surface area contributed by atoms with Crippen LogP contribution in [0.2, 0.25) is 0 Å². The van der Waals surface area contributed by atoms with E-state index in [0.717, 1.165) is 17.3 Å². The quantitative estimate of drug-likeness (QED) is 0.505. The SMILES string of the molecule is CCOc1ccccc1Nc1c(F)c(C#N)c(C#N)c(F)c1Sc1ccc(C)cc1. The Balaban J connectivity index is 2.20. The molecule has 7 heteroatoms. The van der Waals surface area contributed by atoms with Gasteiger partial charge < -0.3 is 10.1 Å². The Kier molecular flexibility index (Phi) is 6.56. The first-order chi connectivity index (χ1) is 14.5. The highest BCUT2D eigenvalue weighted by Gasteiger charge is 2.26. The Morgan fingerprint density at radius 3 is 2.23 bits per heavy atom. The first-order valence-corrected chi connectivity index (χ1v) is 9.90. The van der Waals surface area contributed by atoms with Gasteiger partial charge in [0.05, 0.1) is 22.9 Å². The van der Waals surface area contributed by atoms with E-state index < -0.39 is 22.8 Å². The predicted molar refractivity (Wildman–Crippen MR) is 112 cm³/mol. The van der Waals surface area contributed by atoms with Crippen LogP contribution in [0.4, 0.5) is 20.2 Å². The van der Waals surface area contributed by atoms with Crippen molar-refractivity contribution in [1.82, 2.24) is 0 Å². The fourth-order valence-corrected chi connectivity index (χ4v) is 3.74. The second-order valence-electron chi connectivity index (χ2n) is 6.27. The van der Waals surface area contributed by atoms with Gasteiger partial charge in [0, 0.05) is 4.90 Å². The minimum atomic E-state index is -0.989. The molecule has 150 valence electrons. The van der Waals surface area contributed by atoms with E-state index in [0.29, 0.717) is 22.9 Å². The monoisotopic (exact) mass is 421 g/mol. The summed E-state index contributed by atoms with van der Waals surface area (Å²) in [5.41, 5.74) is -0.0433. The Bertz CT molecular complexity index is 1170. The van der Waals surface area contributed by atoms with E-state index in [9.17, 15) is 10.5 Å². The molecule has 0 aromatic heterocycles. The molecular formula is C23H17F2N3OS. The van der Waals surface area contributed by atoms with Crippen molar-refractivity contribution < 1.29 is 13.5 Å². The summed E-state index contributed by atoms with van der Waals surface area (Å²) < 4.78 is 36.1. The van der Waals surface area contributed by atoms with E-state index >= 15 is 8.78 Å². The van der Waals surface area contributed by atoms with Crippen molar-refractivity contribution in [2.45, 2.75) is 23.6 Å². The molecular weight excluding hydrogens is 404 g/mol. The highest BCUT2D eigenvalue weighted by Crippen LogP contribution is 2.42. The number of nitriles is 2. The van der Waals surface area contributed by atoms with Crippen LogP contribution in [0.3, 0.4) is 0 Å². The van der Waals surface area contributed by atoms with Gasteiger partial charge in [0.15, 0.2) is 11.6 Å². The zero-order valence-electron chi connectivity index (χ0n) is 16.3. The van der Waals surface area contributed by atoms with Crippen LogP contribution in [-0.2, 0) is 0 Å². The topological polar surface area (TPSA) is 68.8 Å². The lowest BCUT2D eigenvalue weighted by molar-refractivity contribution is 0.342. The lowest BCUT2D eigenvalue weighted by Crippen LogP contribution is -2.06. The van der Waals surface area contributed by atoms with Crippen molar-refractivity contribution in [3.8, 4) is 17.9 Å². The number of benzene rings is 3. The van der Waals surface area contributed by atoms with Crippen molar-refractivity contribution in [2.24, 2.45) is 0 Å². The average Bonchev–Trinajstić information content (AvgIpc) is 2.75. The van der Waals surface area contributed by atoms with Gasteiger partial charge in [0.2, 0.25) is 0 Å². The molecule has 0 bridgehead atoms. The first kappa shape index (κ1) is 21.2. The molecule has 1 N–H and O–H groups in total. The van der Waals surface area contributed by atoms with Gasteiger partial charge in [-0.1, -0.05) is 41.6 Å². The van der Waals surface area contributed by atoms with Crippen molar-refractivity contribution in [3.05, 3.63) is 76.9 Å². The summed E-state index contributed by atoms with van der Waals surface area (Å²) >= 11 is 0.972. The Morgan fingerprint density at radius 2 is 1.60 bits per heavy atom. The van der Waals surface area contributed by atoms with Gasteiger partial charge in [0.1, 0.15) is 29.0 Å². The molecule has 0 spiro atoms. The zero-order chi connectivity index (χ0) is 21.7. The molecule has 0 atom stereocenters. The molecule has 0 saturated carbocycles. The van der Waals surface area contributed by atoms with E-state index in [2.05, 4.69) is 5.32 Å². The highest BCUT2D eigenvalue weighted by atomic mass is 32.2. The fraction of sp³-hybridized carbons (Fsp3) is 0.130. The van der Waals surface area contributed by atoms with Gasteiger partial charge in [0.25, 0.3) is 0 Å². The molecule has 0 radical (unpaired) electrons. The summed E-state index contributed by atoms with van der Waals surface area (Å²) in [5, 5.41) is 21.5. The molecule has 0 unspecified atom stereocenters. The standard InChI is InChI=1S/C23H17F2N3OS/c1-3-29-19-7-5-4-6-18(19)28-22-20(24)16(12-26)17(13-27)21(25)23(22)30-15-10-8-14(2)9-11-15/h4-11,28H,3H2,1-2H3. The van der Waals surface area contributed by atoms with Crippen LogP contribution in [-0.4, -0.2) is 6.61 Å². The van der Waals surface area contributed by atoms with Gasteiger partial charge >= 0.3 is 0 Å². The molecule has 3 aromatic carbocycles. The fourth-order valence-electron chi connectivity index (χ4n) is 2.79. The maximum absolute atomic E-state index is 15.3. The van der Waals surface area contributed by atoms with Crippen LogP contribution in [0.1, 0.15) is 23.6 Å². The van der Waals surface area contributed by atoms with E-state index in [-0.39, 0.29) is 10.6 Å². The van der Waals surface area contributed by atoms with Crippen LogP contribution >= 0.6 is 11.8 Å². The Labute approximate surface area is 177 Å². The molecule has 0 aliphatic carbocycles. The summed E-state index contributed by atoms with van der Waals surface area (Å²) in [6.45, 7) is 4.12. The second kappa shape index (κ2) is 9.30. The number of rotatable bonds is 6. The number of halogens is 2. The minimum Gasteiger partial charge on any atom is -0.492 e. The van der Waals surface area contributed by atoms with Gasteiger partial charge in [-0.25, -0.2) is 8.78 Å². The van der Waals surface area contributed by atoms with Crippen LogP contribution < -0.4 is 10.1 Å². The van der Waals surface area contributed by atoms with Crippen molar-refractivity contribution in [2.75, 3.05) is 11.9 Å². The maximum atomic E-state index is 15.3. The first-order valence-electron chi connectivity index (χ1n) is 9.08. The summed E-state index contributed by atoms with van der Waals surface area (Å²) in [4.78, 5) is 0.548. The van der Waals surface area contributed by atoms with Crippen LogP contribution in [0, 0.1) is 41.2 Å². The van der Waals surface area contributed by atoms with Crippen molar-refractivity contribution in [3.63, 3.8) is 0 Å². The molecule has 4 nitrogen and oxygen atoms in total. The number of aryl methyl sites for hydroxylation is 1. The molecule has 0 amide bonds. The van der Waals surface area contributed by atoms with E-state index in [1.165, 1.54) is 0 Å². The van der Waals surface area contributed by atoms with E-state index in [1.54, 1.807) is 48.5 Å². The van der Waals surface area contributed by atoms with Crippen molar-refractivity contribution in [1.29, 1.82) is 10.5 Å². The normalized spacial score (nSPS) is 10.2.